The first-order valence-corrected chi connectivity index (χ1v) is 10.5. The van der Waals surface area contributed by atoms with Crippen LogP contribution in [0.2, 0.25) is 0 Å². The first-order chi connectivity index (χ1) is 15.2. The fraction of sp³-hybridized carbons (Fsp3) is 0.286. The third-order valence-electron chi connectivity index (χ3n) is 4.43. The zero-order chi connectivity index (χ0) is 23.3. The third-order valence-corrected chi connectivity index (χ3v) is 5.45. The normalized spacial score (nSPS) is 12.3. The van der Waals surface area contributed by atoms with E-state index in [1.54, 1.807) is 43.0 Å². The smallest absolute Gasteiger partial charge is 0.416 e. The van der Waals surface area contributed by atoms with Gasteiger partial charge in [-0.25, -0.2) is 0 Å². The number of amides is 1. The first-order valence-electron chi connectivity index (χ1n) is 9.47. The molecular formula is C21H21F3N4O3S. The molecule has 0 fully saturated rings. The summed E-state index contributed by atoms with van der Waals surface area (Å²) in [5.74, 6) is 1.58. The molecule has 1 atom stereocenters. The predicted molar refractivity (Wildman–Crippen MR) is 114 cm³/mol. The van der Waals surface area contributed by atoms with Gasteiger partial charge >= 0.3 is 6.18 Å². The Morgan fingerprint density at radius 1 is 1.09 bits per heavy atom. The summed E-state index contributed by atoms with van der Waals surface area (Å²) in [7, 11) is 3.35. The van der Waals surface area contributed by atoms with Crippen molar-refractivity contribution in [2.45, 2.75) is 24.4 Å². The van der Waals surface area contributed by atoms with Crippen LogP contribution >= 0.6 is 11.8 Å². The number of methoxy groups -OCH3 is 1. The summed E-state index contributed by atoms with van der Waals surface area (Å²) in [6.07, 6.45) is -4.81. The number of aromatic nitrogens is 3. The molecule has 1 heterocycles. The number of hydrogen-bond donors (Lipinski definition) is 1. The number of thioether (sulfide) groups is 1. The number of carbonyl (C=O) groups is 1. The maximum absolute atomic E-state index is 12.6. The van der Waals surface area contributed by atoms with Gasteiger partial charge in [-0.1, -0.05) is 11.8 Å². The Labute approximate surface area is 186 Å². The molecule has 0 saturated carbocycles. The van der Waals surface area contributed by atoms with Crippen molar-refractivity contribution in [3.8, 4) is 11.5 Å². The summed E-state index contributed by atoms with van der Waals surface area (Å²) in [6.45, 7) is 1.83. The van der Waals surface area contributed by atoms with Crippen LogP contribution in [-0.2, 0) is 18.0 Å². The predicted octanol–water partition coefficient (Wildman–Crippen LogP) is 4.71. The van der Waals surface area contributed by atoms with Gasteiger partial charge in [-0.15, -0.1) is 10.2 Å². The van der Waals surface area contributed by atoms with Crippen molar-refractivity contribution in [3.05, 3.63) is 59.9 Å². The van der Waals surface area contributed by atoms with Gasteiger partial charge in [0.1, 0.15) is 11.5 Å². The summed E-state index contributed by atoms with van der Waals surface area (Å²) in [5, 5.41) is 11.3. The highest BCUT2D eigenvalue weighted by Crippen LogP contribution is 2.30. The number of alkyl halides is 3. The average molecular weight is 466 g/mol. The third kappa shape index (κ3) is 5.94. The highest BCUT2D eigenvalue weighted by atomic mass is 32.2. The van der Waals surface area contributed by atoms with Crippen LogP contribution in [0.1, 0.15) is 24.4 Å². The standard InChI is InChI=1S/C21H21F3N4O3S/c1-13(31-17-10-8-16(30-3)9-11-17)19-26-27-20(28(19)2)32-12-18(29)25-15-6-4-14(5-7-15)21(22,23)24/h4-11,13H,12H2,1-3H3,(H,25,29). The SMILES string of the molecule is COc1ccc(OC(C)c2nnc(SCC(=O)Nc3ccc(C(F)(F)F)cc3)n2C)cc1. The van der Waals surface area contributed by atoms with Gasteiger partial charge in [0, 0.05) is 12.7 Å². The van der Waals surface area contributed by atoms with Gasteiger partial charge in [-0.2, -0.15) is 13.2 Å². The topological polar surface area (TPSA) is 78.3 Å². The lowest BCUT2D eigenvalue weighted by molar-refractivity contribution is -0.137. The number of ether oxygens (including phenoxy) is 2. The highest BCUT2D eigenvalue weighted by molar-refractivity contribution is 7.99. The molecule has 0 aliphatic carbocycles. The van der Waals surface area contributed by atoms with Gasteiger partial charge < -0.3 is 19.4 Å². The molecular weight excluding hydrogens is 445 g/mol. The lowest BCUT2D eigenvalue weighted by atomic mass is 10.2. The van der Waals surface area contributed by atoms with Gasteiger partial charge in [0.2, 0.25) is 5.91 Å². The molecule has 170 valence electrons. The van der Waals surface area contributed by atoms with Crippen LogP contribution in [0.4, 0.5) is 18.9 Å². The number of anilines is 1. The zero-order valence-corrected chi connectivity index (χ0v) is 18.3. The second-order valence-electron chi connectivity index (χ2n) is 6.75. The molecule has 3 rings (SSSR count). The lowest BCUT2D eigenvalue weighted by Crippen LogP contribution is -2.15. The van der Waals surface area contributed by atoms with E-state index in [-0.39, 0.29) is 17.3 Å². The van der Waals surface area contributed by atoms with Gasteiger partial charge in [0.25, 0.3) is 0 Å². The van der Waals surface area contributed by atoms with Crippen molar-refractivity contribution in [2.75, 3.05) is 18.2 Å². The Bertz CT molecular complexity index is 1050. The van der Waals surface area contributed by atoms with Gasteiger partial charge in [-0.3, -0.25) is 4.79 Å². The van der Waals surface area contributed by atoms with E-state index < -0.39 is 17.8 Å². The Hall–Kier alpha value is -3.21. The van der Waals surface area contributed by atoms with Crippen LogP contribution in [-0.4, -0.2) is 33.5 Å². The van der Waals surface area contributed by atoms with Gasteiger partial charge in [0.05, 0.1) is 18.4 Å². The number of nitrogens with one attached hydrogen (secondary N) is 1. The number of benzene rings is 2. The van der Waals surface area contributed by atoms with Crippen molar-refractivity contribution in [1.29, 1.82) is 0 Å². The molecule has 3 aromatic rings. The molecule has 1 aromatic heterocycles. The van der Waals surface area contributed by atoms with E-state index >= 15 is 0 Å². The van der Waals surface area contributed by atoms with Gasteiger partial charge in [0.15, 0.2) is 17.1 Å². The monoisotopic (exact) mass is 466 g/mol. The Balaban J connectivity index is 1.55. The quantitative estimate of drug-likeness (QED) is 0.485. The summed E-state index contributed by atoms with van der Waals surface area (Å²) >= 11 is 1.16. The molecule has 7 nitrogen and oxygen atoms in total. The van der Waals surface area contributed by atoms with Crippen molar-refractivity contribution in [1.82, 2.24) is 14.8 Å². The van der Waals surface area contributed by atoms with Crippen LogP contribution in [0.15, 0.2) is 53.7 Å². The molecule has 1 unspecified atom stereocenters. The molecule has 2 aromatic carbocycles. The lowest BCUT2D eigenvalue weighted by Gasteiger charge is -2.14. The van der Waals surface area contributed by atoms with E-state index in [2.05, 4.69) is 15.5 Å². The van der Waals surface area contributed by atoms with Crippen LogP contribution < -0.4 is 14.8 Å². The minimum Gasteiger partial charge on any atom is -0.497 e. The molecule has 0 aliphatic rings. The van der Waals surface area contributed by atoms with Crippen LogP contribution in [0, 0.1) is 0 Å². The van der Waals surface area contributed by atoms with Crippen LogP contribution in [0.3, 0.4) is 0 Å². The van der Waals surface area contributed by atoms with E-state index in [9.17, 15) is 18.0 Å². The summed E-state index contributed by atoms with van der Waals surface area (Å²) in [6, 6.07) is 11.4. The first kappa shape index (κ1) is 23.5. The fourth-order valence-corrected chi connectivity index (χ4v) is 3.50. The molecule has 32 heavy (non-hydrogen) atoms. The van der Waals surface area contributed by atoms with E-state index in [0.29, 0.717) is 16.7 Å². The van der Waals surface area contributed by atoms with E-state index in [1.165, 1.54) is 12.1 Å². The fourth-order valence-electron chi connectivity index (χ4n) is 2.79. The molecule has 1 amide bonds. The number of halogens is 3. The van der Waals surface area contributed by atoms with Gasteiger partial charge in [-0.05, 0) is 55.5 Å². The molecule has 0 radical (unpaired) electrons. The van der Waals surface area contributed by atoms with Crippen LogP contribution in [0.25, 0.3) is 0 Å². The molecule has 0 spiro atoms. The van der Waals surface area contributed by atoms with Crippen molar-refractivity contribution in [3.63, 3.8) is 0 Å². The molecule has 11 heteroatoms. The minimum atomic E-state index is -4.42. The van der Waals surface area contributed by atoms with E-state index in [4.69, 9.17) is 9.47 Å². The van der Waals surface area contributed by atoms with E-state index in [0.717, 1.165) is 29.6 Å². The molecule has 0 saturated heterocycles. The Kier molecular flexibility index (Phi) is 7.29. The number of nitrogens with zero attached hydrogens (tertiary/aromatic N) is 3. The summed E-state index contributed by atoms with van der Waals surface area (Å²) in [4.78, 5) is 12.2. The second-order valence-corrected chi connectivity index (χ2v) is 7.69. The molecule has 0 aliphatic heterocycles. The largest absolute Gasteiger partial charge is 0.497 e. The summed E-state index contributed by atoms with van der Waals surface area (Å²) < 4.78 is 50.6. The Morgan fingerprint density at radius 2 is 1.72 bits per heavy atom. The van der Waals surface area contributed by atoms with Crippen LogP contribution in [0.5, 0.6) is 11.5 Å². The van der Waals surface area contributed by atoms with Crippen molar-refractivity contribution < 1.29 is 27.4 Å². The number of hydrogen-bond acceptors (Lipinski definition) is 6. The summed E-state index contributed by atoms with van der Waals surface area (Å²) in [5.41, 5.74) is -0.494. The average Bonchev–Trinajstić information content (AvgIpc) is 3.13. The molecule has 0 bridgehead atoms. The second kappa shape index (κ2) is 9.94. The number of carbonyl (C=O) groups excluding carboxylic acids is 1. The highest BCUT2D eigenvalue weighted by Gasteiger charge is 2.30. The zero-order valence-electron chi connectivity index (χ0n) is 17.5. The maximum Gasteiger partial charge on any atom is 0.416 e. The minimum absolute atomic E-state index is 0.0146. The molecule has 1 N–H and O–H groups in total. The number of rotatable bonds is 8. The maximum atomic E-state index is 12.6. The van der Waals surface area contributed by atoms with E-state index in [1.807, 2.05) is 6.92 Å². The van der Waals surface area contributed by atoms with Crippen molar-refractivity contribution in [2.24, 2.45) is 7.05 Å². The van der Waals surface area contributed by atoms with Crippen molar-refractivity contribution >= 4 is 23.4 Å². The Morgan fingerprint density at radius 3 is 2.31 bits per heavy atom.